The molecule has 4 rings (SSSR count). The third-order valence-electron chi connectivity index (χ3n) is 7.17. The minimum Gasteiger partial charge on any atom is -0.497 e. The third-order valence-corrected chi connectivity index (χ3v) is 7.17. The normalized spacial score (nSPS) is 26.9. The Balaban J connectivity index is 1.27. The summed E-state index contributed by atoms with van der Waals surface area (Å²) >= 11 is 0. The Morgan fingerprint density at radius 2 is 1.83 bits per heavy atom. The largest absolute Gasteiger partial charge is 0.497 e. The Hall–Kier alpha value is -2.08. The molecule has 2 heterocycles. The Morgan fingerprint density at radius 1 is 1.10 bits per heavy atom. The number of ether oxygens (including phenoxy) is 1. The van der Waals surface area contributed by atoms with Crippen LogP contribution in [0.2, 0.25) is 0 Å². The van der Waals surface area contributed by atoms with E-state index < -0.39 is 0 Å². The number of nitrogens with zero attached hydrogens (tertiary/aromatic N) is 2. The molecule has 1 aromatic carbocycles. The molecule has 3 fully saturated rings. The molecule has 1 aliphatic carbocycles. The topological polar surface area (TPSA) is 61.9 Å². The molecule has 0 unspecified atom stereocenters. The highest BCUT2D eigenvalue weighted by molar-refractivity contribution is 5.84. The lowest BCUT2D eigenvalue weighted by atomic mass is 9.67. The molecule has 2 amide bonds. The lowest BCUT2D eigenvalue weighted by Gasteiger charge is -2.43. The minimum absolute atomic E-state index is 0.182. The summed E-state index contributed by atoms with van der Waals surface area (Å²) in [5.41, 5.74) is 0.961. The first-order valence-corrected chi connectivity index (χ1v) is 11.0. The van der Waals surface area contributed by atoms with Crippen LogP contribution in [0.25, 0.3) is 0 Å². The monoisotopic (exact) mass is 399 g/mol. The van der Waals surface area contributed by atoms with E-state index in [2.05, 4.69) is 5.32 Å². The molecular weight excluding hydrogens is 366 g/mol. The third kappa shape index (κ3) is 4.13. The van der Waals surface area contributed by atoms with Gasteiger partial charge >= 0.3 is 0 Å². The van der Waals surface area contributed by atoms with Crippen LogP contribution < -0.4 is 10.1 Å². The average Bonchev–Trinajstić information content (AvgIpc) is 3.22. The van der Waals surface area contributed by atoms with E-state index in [1.165, 1.54) is 12.8 Å². The molecule has 6 heteroatoms. The van der Waals surface area contributed by atoms with Gasteiger partial charge in [-0.25, -0.2) is 0 Å². The van der Waals surface area contributed by atoms with Crippen LogP contribution in [0.15, 0.2) is 24.3 Å². The summed E-state index contributed by atoms with van der Waals surface area (Å²) in [5.74, 6) is 1.84. The number of rotatable bonds is 5. The van der Waals surface area contributed by atoms with Gasteiger partial charge in [0.05, 0.1) is 12.5 Å². The van der Waals surface area contributed by atoms with Crippen molar-refractivity contribution in [1.82, 2.24) is 15.1 Å². The van der Waals surface area contributed by atoms with Gasteiger partial charge in [-0.15, -0.1) is 0 Å². The summed E-state index contributed by atoms with van der Waals surface area (Å²) in [7, 11) is 1.65. The van der Waals surface area contributed by atoms with Crippen LogP contribution in [-0.2, 0) is 16.0 Å². The number of carbonyl (C=O) groups excluding carboxylic acids is 2. The average molecular weight is 400 g/mol. The molecule has 0 aromatic heterocycles. The van der Waals surface area contributed by atoms with Crippen molar-refractivity contribution in [2.45, 2.75) is 38.5 Å². The van der Waals surface area contributed by atoms with Crippen LogP contribution in [0.1, 0.15) is 37.7 Å². The molecule has 0 bridgehead atoms. The summed E-state index contributed by atoms with van der Waals surface area (Å²) in [4.78, 5) is 30.0. The molecule has 2 aliphatic heterocycles. The first-order valence-electron chi connectivity index (χ1n) is 11.0. The van der Waals surface area contributed by atoms with E-state index in [9.17, 15) is 9.59 Å². The van der Waals surface area contributed by atoms with E-state index >= 15 is 0 Å². The maximum absolute atomic E-state index is 13.4. The minimum atomic E-state index is -0.182. The molecule has 29 heavy (non-hydrogen) atoms. The fourth-order valence-corrected chi connectivity index (χ4v) is 5.34. The lowest BCUT2D eigenvalue weighted by molar-refractivity contribution is -0.149. The van der Waals surface area contributed by atoms with Crippen molar-refractivity contribution >= 4 is 11.8 Å². The number of hydrogen-bond donors (Lipinski definition) is 1. The first kappa shape index (κ1) is 20.2. The number of carbonyl (C=O) groups is 2. The summed E-state index contributed by atoms with van der Waals surface area (Å²) in [6.45, 7) is 4.46. The molecule has 2 atom stereocenters. The number of benzene rings is 1. The van der Waals surface area contributed by atoms with Gasteiger partial charge in [-0.1, -0.05) is 25.0 Å². The molecular formula is C23H33N3O3. The number of hydrogen-bond acceptors (Lipinski definition) is 4. The molecule has 0 radical (unpaired) electrons. The second-order valence-electron chi connectivity index (χ2n) is 8.75. The van der Waals surface area contributed by atoms with Gasteiger partial charge in [0.15, 0.2) is 0 Å². The number of amides is 2. The van der Waals surface area contributed by atoms with Crippen LogP contribution in [0, 0.1) is 11.3 Å². The van der Waals surface area contributed by atoms with Crippen molar-refractivity contribution in [3.05, 3.63) is 29.8 Å². The Kier molecular flexibility index (Phi) is 6.09. The van der Waals surface area contributed by atoms with E-state index in [4.69, 9.17) is 4.74 Å². The summed E-state index contributed by atoms with van der Waals surface area (Å²) in [6.07, 6.45) is 5.84. The number of nitrogens with one attached hydrogen (secondary N) is 1. The summed E-state index contributed by atoms with van der Waals surface area (Å²) in [6, 6.07) is 7.89. The van der Waals surface area contributed by atoms with Crippen LogP contribution >= 0.6 is 0 Å². The number of piperazine rings is 1. The summed E-state index contributed by atoms with van der Waals surface area (Å²) < 4.78 is 5.18. The number of aryl methyl sites for hydroxylation is 1. The van der Waals surface area contributed by atoms with Gasteiger partial charge in [-0.3, -0.25) is 9.59 Å². The number of fused-ring (bicyclic) bond motifs is 1. The molecule has 0 spiro atoms. The highest BCUT2D eigenvalue weighted by Gasteiger charge is 2.51. The van der Waals surface area contributed by atoms with Crippen molar-refractivity contribution in [3.8, 4) is 5.75 Å². The zero-order chi connectivity index (χ0) is 20.3. The van der Waals surface area contributed by atoms with Gasteiger partial charge in [0.1, 0.15) is 5.75 Å². The van der Waals surface area contributed by atoms with Crippen molar-refractivity contribution in [2.75, 3.05) is 46.4 Å². The van der Waals surface area contributed by atoms with E-state index in [0.29, 0.717) is 44.4 Å². The van der Waals surface area contributed by atoms with E-state index in [1.54, 1.807) is 7.11 Å². The standard InChI is InChI=1S/C23H33N3O3/c1-29-20-8-5-18(6-9-20)7-10-21(27)25-12-14-26(15-13-25)22(28)23-11-3-2-4-19(23)16-24-17-23/h5-6,8-9,19,24H,2-4,7,10-17H2,1H3/t19-,23+/m0/s1. The zero-order valence-electron chi connectivity index (χ0n) is 17.5. The van der Waals surface area contributed by atoms with Crippen LogP contribution in [0.3, 0.4) is 0 Å². The van der Waals surface area contributed by atoms with Gasteiger partial charge < -0.3 is 19.9 Å². The maximum Gasteiger partial charge on any atom is 0.230 e. The first-order chi connectivity index (χ1) is 14.1. The Bertz CT molecular complexity index is 727. The van der Waals surface area contributed by atoms with Crippen molar-refractivity contribution in [1.29, 1.82) is 0 Å². The molecule has 3 aliphatic rings. The van der Waals surface area contributed by atoms with Crippen LogP contribution in [0.5, 0.6) is 5.75 Å². The maximum atomic E-state index is 13.4. The molecule has 1 saturated carbocycles. The molecule has 2 saturated heterocycles. The molecule has 6 nitrogen and oxygen atoms in total. The lowest BCUT2D eigenvalue weighted by Crippen LogP contribution is -2.56. The second kappa shape index (κ2) is 8.74. The highest BCUT2D eigenvalue weighted by atomic mass is 16.5. The van der Waals surface area contributed by atoms with E-state index in [0.717, 1.165) is 43.7 Å². The SMILES string of the molecule is COc1ccc(CCC(=O)N2CCN(C(=O)[C@@]34CCCC[C@H]3CNC4)CC2)cc1. The quantitative estimate of drug-likeness (QED) is 0.824. The smallest absolute Gasteiger partial charge is 0.230 e. The molecule has 158 valence electrons. The Labute approximate surface area is 173 Å². The van der Waals surface area contributed by atoms with Gasteiger partial charge in [0, 0.05) is 39.1 Å². The summed E-state index contributed by atoms with van der Waals surface area (Å²) in [5, 5.41) is 3.47. The van der Waals surface area contributed by atoms with Gasteiger partial charge in [-0.05, 0) is 49.4 Å². The second-order valence-corrected chi connectivity index (χ2v) is 8.75. The fraction of sp³-hybridized carbons (Fsp3) is 0.652. The van der Waals surface area contributed by atoms with Crippen LogP contribution in [-0.4, -0.2) is 68.0 Å². The fourth-order valence-electron chi connectivity index (χ4n) is 5.34. The van der Waals surface area contributed by atoms with E-state index in [1.807, 2.05) is 34.1 Å². The predicted octanol–water partition coefficient (Wildman–Crippen LogP) is 2.08. The van der Waals surface area contributed by atoms with Crippen LogP contribution in [0.4, 0.5) is 0 Å². The molecule has 1 aromatic rings. The molecule has 1 N–H and O–H groups in total. The predicted molar refractivity (Wildman–Crippen MR) is 112 cm³/mol. The Morgan fingerprint density at radius 3 is 2.55 bits per heavy atom. The highest BCUT2D eigenvalue weighted by Crippen LogP contribution is 2.45. The van der Waals surface area contributed by atoms with E-state index in [-0.39, 0.29) is 11.3 Å². The van der Waals surface area contributed by atoms with Gasteiger partial charge in [0.25, 0.3) is 0 Å². The number of methoxy groups -OCH3 is 1. The van der Waals surface area contributed by atoms with Gasteiger partial charge in [-0.2, -0.15) is 0 Å². The van der Waals surface area contributed by atoms with Gasteiger partial charge in [0.2, 0.25) is 11.8 Å². The zero-order valence-corrected chi connectivity index (χ0v) is 17.5. The van der Waals surface area contributed by atoms with Crippen molar-refractivity contribution in [2.24, 2.45) is 11.3 Å². The van der Waals surface area contributed by atoms with Crippen molar-refractivity contribution in [3.63, 3.8) is 0 Å². The van der Waals surface area contributed by atoms with Crippen molar-refractivity contribution < 1.29 is 14.3 Å².